The van der Waals surface area contributed by atoms with E-state index in [0.717, 1.165) is 24.1 Å². The number of benzene rings is 2. The Bertz CT molecular complexity index is 1080. The summed E-state index contributed by atoms with van der Waals surface area (Å²) in [5.74, 6) is -0.222. The van der Waals surface area contributed by atoms with Gasteiger partial charge in [-0.2, -0.15) is 4.31 Å². The van der Waals surface area contributed by atoms with Crippen LogP contribution in [0.4, 0.5) is 4.39 Å². The molecule has 0 saturated carbocycles. The van der Waals surface area contributed by atoms with Gasteiger partial charge in [-0.05, 0) is 55.5 Å². The molecule has 3 atom stereocenters. The molecule has 1 amide bonds. The van der Waals surface area contributed by atoms with Gasteiger partial charge >= 0.3 is 0 Å². The van der Waals surface area contributed by atoms with Crippen molar-refractivity contribution in [1.82, 2.24) is 14.5 Å². The summed E-state index contributed by atoms with van der Waals surface area (Å²) in [6, 6.07) is 14.4. The van der Waals surface area contributed by atoms with E-state index in [-0.39, 0.29) is 41.9 Å². The zero-order valence-corrected chi connectivity index (χ0v) is 20.2. The fourth-order valence-corrected chi connectivity index (χ4v) is 6.52. The van der Waals surface area contributed by atoms with Crippen molar-refractivity contribution in [2.45, 2.75) is 62.7 Å². The zero-order valence-electron chi connectivity index (χ0n) is 19.4. The van der Waals surface area contributed by atoms with Crippen molar-refractivity contribution >= 4 is 15.9 Å². The minimum Gasteiger partial charge on any atom is -0.316 e. The van der Waals surface area contributed by atoms with Crippen molar-refractivity contribution in [3.8, 4) is 0 Å². The maximum Gasteiger partial charge on any atom is 0.243 e. The number of piperidine rings is 1. The van der Waals surface area contributed by atoms with Crippen LogP contribution in [0, 0.1) is 11.7 Å². The number of rotatable bonds is 6. The van der Waals surface area contributed by atoms with Crippen LogP contribution in [0.2, 0.25) is 0 Å². The van der Waals surface area contributed by atoms with Gasteiger partial charge < -0.3 is 4.90 Å². The lowest BCUT2D eigenvalue weighted by Crippen LogP contribution is -2.60. The van der Waals surface area contributed by atoms with Gasteiger partial charge in [0.1, 0.15) is 5.82 Å². The van der Waals surface area contributed by atoms with E-state index in [4.69, 9.17) is 0 Å². The fraction of sp³-hybridized carbons (Fsp3) is 0.480. The first-order valence-electron chi connectivity index (χ1n) is 11.6. The van der Waals surface area contributed by atoms with Crippen molar-refractivity contribution in [2.75, 3.05) is 13.1 Å². The lowest BCUT2D eigenvalue weighted by molar-refractivity contribution is -0.136. The Kier molecular flexibility index (Phi) is 6.62. The topological polar surface area (TPSA) is 69.7 Å². The quantitative estimate of drug-likeness (QED) is 0.691. The average Bonchev–Trinajstić information content (AvgIpc) is 3.10. The molecule has 178 valence electrons. The summed E-state index contributed by atoms with van der Waals surface area (Å²) in [4.78, 5) is 15.7. The number of carbonyl (C=O) groups excluding carboxylic acids is 1. The third-order valence-corrected chi connectivity index (χ3v) is 9.18. The van der Waals surface area contributed by atoms with Crippen molar-refractivity contribution in [1.29, 1.82) is 0 Å². The zero-order chi connectivity index (χ0) is 23.8. The Hall–Kier alpha value is -2.29. The van der Waals surface area contributed by atoms with E-state index >= 15 is 0 Å². The smallest absolute Gasteiger partial charge is 0.243 e. The van der Waals surface area contributed by atoms with Gasteiger partial charge in [0.2, 0.25) is 15.9 Å². The second-order valence-electron chi connectivity index (χ2n) is 9.19. The van der Waals surface area contributed by atoms with E-state index in [0.29, 0.717) is 12.8 Å². The molecule has 0 bridgehead atoms. The van der Waals surface area contributed by atoms with Gasteiger partial charge in [0, 0.05) is 13.1 Å². The largest absolute Gasteiger partial charge is 0.316 e. The van der Waals surface area contributed by atoms with Gasteiger partial charge in [-0.1, -0.05) is 50.6 Å². The number of nitrogens with one attached hydrogen (secondary N) is 1. The van der Waals surface area contributed by atoms with Crippen LogP contribution in [0.5, 0.6) is 0 Å². The number of amides is 1. The number of hydrogen-bond donors (Lipinski definition) is 1. The highest BCUT2D eigenvalue weighted by atomic mass is 32.2. The van der Waals surface area contributed by atoms with Crippen LogP contribution in [0.1, 0.15) is 51.6 Å². The molecule has 0 aromatic heterocycles. The summed E-state index contributed by atoms with van der Waals surface area (Å²) >= 11 is 0. The Morgan fingerprint density at radius 3 is 2.24 bits per heavy atom. The van der Waals surface area contributed by atoms with Crippen LogP contribution in [0.3, 0.4) is 0 Å². The summed E-state index contributed by atoms with van der Waals surface area (Å²) < 4.78 is 41.0. The highest BCUT2D eigenvalue weighted by molar-refractivity contribution is 7.89. The van der Waals surface area contributed by atoms with Crippen molar-refractivity contribution in [3.63, 3.8) is 0 Å². The monoisotopic (exact) mass is 473 g/mol. The number of hydrogen-bond acceptors (Lipinski definition) is 4. The van der Waals surface area contributed by atoms with Crippen LogP contribution in [-0.4, -0.2) is 48.3 Å². The molecule has 0 aliphatic carbocycles. The molecule has 1 spiro atoms. The lowest BCUT2D eigenvalue weighted by Gasteiger charge is -2.46. The lowest BCUT2D eigenvalue weighted by atomic mass is 9.94. The maximum atomic E-state index is 13.6. The molecule has 2 aliphatic rings. The summed E-state index contributed by atoms with van der Waals surface area (Å²) in [5, 5.41) is 3.63. The molecular weight excluding hydrogens is 441 g/mol. The predicted octanol–water partition coefficient (Wildman–Crippen LogP) is 3.91. The standard InChI is InChI=1S/C25H32FN3O3S/c1-4-18(2)23-24(30)29(19(3)20-8-6-5-7-9-20)25(27-23)14-16-28(17-15-25)33(31,32)22-12-10-21(26)11-13-22/h5-13,18-19,23,27H,4,14-17H2,1-3H3/t18-,19+,23-/m0/s1. The second-order valence-corrected chi connectivity index (χ2v) is 11.1. The SMILES string of the molecule is CC[C@H](C)[C@@H]1NC2(CCN(S(=O)(=O)c3ccc(F)cc3)CC2)N([C@H](C)c2ccccc2)C1=O. The third kappa shape index (κ3) is 4.32. The molecule has 33 heavy (non-hydrogen) atoms. The highest BCUT2D eigenvalue weighted by Crippen LogP contribution is 2.41. The molecular formula is C25H32FN3O3S. The summed E-state index contributed by atoms with van der Waals surface area (Å²) in [7, 11) is -3.73. The summed E-state index contributed by atoms with van der Waals surface area (Å²) in [5.41, 5.74) is 0.452. The molecule has 1 N–H and O–H groups in total. The highest BCUT2D eigenvalue weighted by Gasteiger charge is 2.55. The number of carbonyl (C=O) groups is 1. The number of sulfonamides is 1. The van der Waals surface area contributed by atoms with E-state index in [2.05, 4.69) is 19.2 Å². The fourth-order valence-electron chi connectivity index (χ4n) is 5.08. The normalized spacial score (nSPS) is 23.1. The van der Waals surface area contributed by atoms with Crippen molar-refractivity contribution < 1.29 is 17.6 Å². The molecule has 8 heteroatoms. The molecule has 2 aromatic rings. The molecule has 4 rings (SSSR count). The van der Waals surface area contributed by atoms with Crippen LogP contribution >= 0.6 is 0 Å². The number of halogens is 1. The van der Waals surface area contributed by atoms with Gasteiger partial charge in [0.15, 0.2) is 0 Å². The van der Waals surface area contributed by atoms with Crippen LogP contribution < -0.4 is 5.32 Å². The molecule has 0 radical (unpaired) electrons. The van der Waals surface area contributed by atoms with Crippen LogP contribution in [-0.2, 0) is 14.8 Å². The average molecular weight is 474 g/mol. The predicted molar refractivity (Wildman–Crippen MR) is 125 cm³/mol. The first kappa shape index (κ1) is 23.9. The van der Waals surface area contributed by atoms with E-state index < -0.39 is 21.5 Å². The van der Waals surface area contributed by atoms with Crippen molar-refractivity contribution in [2.24, 2.45) is 5.92 Å². The molecule has 2 aromatic carbocycles. The van der Waals surface area contributed by atoms with Gasteiger partial charge in [-0.3, -0.25) is 10.1 Å². The minimum absolute atomic E-state index is 0.0792. The first-order valence-corrected chi connectivity index (χ1v) is 13.0. The van der Waals surface area contributed by atoms with E-state index in [1.54, 1.807) is 0 Å². The van der Waals surface area contributed by atoms with Crippen LogP contribution in [0.15, 0.2) is 59.5 Å². The summed E-state index contributed by atoms with van der Waals surface area (Å²) in [6.07, 6.45) is 1.85. The minimum atomic E-state index is -3.73. The van der Waals surface area contributed by atoms with Gasteiger partial charge in [-0.15, -0.1) is 0 Å². The van der Waals surface area contributed by atoms with Crippen molar-refractivity contribution in [3.05, 3.63) is 66.0 Å². The second kappa shape index (κ2) is 9.16. The van der Waals surface area contributed by atoms with Gasteiger partial charge in [0.05, 0.1) is 22.6 Å². The Labute approximate surface area is 195 Å². The molecule has 0 unspecified atom stereocenters. The third-order valence-electron chi connectivity index (χ3n) is 7.27. The summed E-state index contributed by atoms with van der Waals surface area (Å²) in [6.45, 7) is 6.76. The van der Waals surface area contributed by atoms with Gasteiger partial charge in [0.25, 0.3) is 0 Å². The Morgan fingerprint density at radius 1 is 1.06 bits per heavy atom. The Balaban J connectivity index is 1.61. The molecule has 6 nitrogen and oxygen atoms in total. The van der Waals surface area contributed by atoms with E-state index in [9.17, 15) is 17.6 Å². The van der Waals surface area contributed by atoms with E-state index in [1.165, 1.54) is 16.4 Å². The van der Waals surface area contributed by atoms with Gasteiger partial charge in [-0.25, -0.2) is 12.8 Å². The maximum absolute atomic E-state index is 13.6. The van der Waals surface area contributed by atoms with Crippen LogP contribution in [0.25, 0.3) is 0 Å². The van der Waals surface area contributed by atoms with E-state index in [1.807, 2.05) is 42.2 Å². The number of nitrogens with zero attached hydrogens (tertiary/aromatic N) is 2. The molecule has 2 saturated heterocycles. The Morgan fingerprint density at radius 2 is 1.67 bits per heavy atom. The molecule has 2 heterocycles. The molecule has 2 aliphatic heterocycles. The molecule has 2 fully saturated rings. The first-order chi connectivity index (χ1) is 15.7.